The molecule has 66 valence electrons. The molecule has 0 aliphatic heterocycles. The Morgan fingerprint density at radius 1 is 1.00 bits per heavy atom. The molecule has 0 spiro atoms. The molecular formula is C11H10FN. The summed E-state index contributed by atoms with van der Waals surface area (Å²) >= 11 is 0. The molecule has 2 aromatic rings. The minimum Gasteiger partial charge on any atom is -0.326 e. The second-order valence-electron chi connectivity index (χ2n) is 2.96. The molecule has 2 heteroatoms. The van der Waals surface area contributed by atoms with Crippen molar-refractivity contribution in [2.75, 3.05) is 0 Å². The molecule has 13 heavy (non-hydrogen) atoms. The predicted octanol–water partition coefficient (Wildman–Crippen LogP) is 2.44. The fourth-order valence-electron chi connectivity index (χ4n) is 1.51. The lowest BCUT2D eigenvalue weighted by Gasteiger charge is -2.03. The van der Waals surface area contributed by atoms with Gasteiger partial charge in [0, 0.05) is 11.9 Å². The van der Waals surface area contributed by atoms with Crippen LogP contribution in [-0.2, 0) is 6.54 Å². The van der Waals surface area contributed by atoms with E-state index in [2.05, 4.69) is 0 Å². The van der Waals surface area contributed by atoms with Crippen LogP contribution in [0, 0.1) is 5.82 Å². The number of nitrogens with two attached hydrogens (primary N) is 1. The second-order valence-corrected chi connectivity index (χ2v) is 2.96. The summed E-state index contributed by atoms with van der Waals surface area (Å²) in [5.74, 6) is -0.187. The van der Waals surface area contributed by atoms with Gasteiger partial charge in [-0.3, -0.25) is 0 Å². The van der Waals surface area contributed by atoms with Gasteiger partial charge in [-0.15, -0.1) is 0 Å². The molecule has 2 N–H and O–H groups in total. The Bertz CT molecular complexity index is 437. The van der Waals surface area contributed by atoms with Gasteiger partial charge in [-0.2, -0.15) is 0 Å². The minimum atomic E-state index is -0.187. The fourth-order valence-corrected chi connectivity index (χ4v) is 1.51. The quantitative estimate of drug-likeness (QED) is 0.707. The van der Waals surface area contributed by atoms with E-state index in [9.17, 15) is 4.39 Å². The van der Waals surface area contributed by atoms with Gasteiger partial charge in [-0.1, -0.05) is 30.3 Å². The van der Waals surface area contributed by atoms with Gasteiger partial charge in [-0.05, 0) is 17.0 Å². The van der Waals surface area contributed by atoms with E-state index >= 15 is 0 Å². The van der Waals surface area contributed by atoms with Gasteiger partial charge in [-0.25, -0.2) is 4.39 Å². The molecule has 0 aromatic heterocycles. The lowest BCUT2D eigenvalue weighted by atomic mass is 10.0. The molecule has 0 radical (unpaired) electrons. The largest absolute Gasteiger partial charge is 0.326 e. The third kappa shape index (κ3) is 1.29. The summed E-state index contributed by atoms with van der Waals surface area (Å²) in [6.07, 6.45) is 0. The maximum Gasteiger partial charge on any atom is 0.131 e. The van der Waals surface area contributed by atoms with Crippen molar-refractivity contribution in [3.05, 3.63) is 47.8 Å². The maximum absolute atomic E-state index is 13.3. The first-order valence-electron chi connectivity index (χ1n) is 4.19. The van der Waals surface area contributed by atoms with Gasteiger partial charge in [0.15, 0.2) is 0 Å². The molecule has 0 heterocycles. The fraction of sp³-hybridized carbons (Fsp3) is 0.0909. The molecule has 0 unspecified atom stereocenters. The Morgan fingerprint density at radius 2 is 1.69 bits per heavy atom. The van der Waals surface area contributed by atoms with Crippen LogP contribution >= 0.6 is 0 Å². The highest BCUT2D eigenvalue weighted by Gasteiger charge is 2.01. The zero-order valence-corrected chi connectivity index (χ0v) is 7.13. The molecule has 0 fully saturated rings. The van der Waals surface area contributed by atoms with E-state index < -0.39 is 0 Å². The molecule has 0 bridgehead atoms. The Hall–Kier alpha value is -1.41. The number of rotatable bonds is 1. The van der Waals surface area contributed by atoms with E-state index in [1.165, 1.54) is 6.07 Å². The lowest BCUT2D eigenvalue weighted by molar-refractivity contribution is 0.640. The van der Waals surface area contributed by atoms with Crippen LogP contribution in [0.15, 0.2) is 36.4 Å². The zero-order valence-electron chi connectivity index (χ0n) is 7.13. The molecule has 2 aromatic carbocycles. The average Bonchev–Trinajstić information content (AvgIpc) is 2.18. The van der Waals surface area contributed by atoms with Crippen molar-refractivity contribution in [1.29, 1.82) is 0 Å². The highest BCUT2D eigenvalue weighted by molar-refractivity contribution is 5.86. The topological polar surface area (TPSA) is 26.0 Å². The second kappa shape index (κ2) is 3.15. The third-order valence-corrected chi connectivity index (χ3v) is 2.18. The van der Waals surface area contributed by atoms with Crippen molar-refractivity contribution in [2.45, 2.75) is 6.54 Å². The van der Waals surface area contributed by atoms with Gasteiger partial charge in [0.2, 0.25) is 0 Å². The van der Waals surface area contributed by atoms with E-state index in [0.29, 0.717) is 11.9 Å². The molecular weight excluding hydrogens is 165 g/mol. The number of hydrogen-bond acceptors (Lipinski definition) is 1. The van der Waals surface area contributed by atoms with Crippen LogP contribution in [-0.4, -0.2) is 0 Å². The molecule has 0 amide bonds. The average molecular weight is 175 g/mol. The van der Waals surface area contributed by atoms with Crippen LogP contribution in [0.4, 0.5) is 4.39 Å². The summed E-state index contributed by atoms with van der Waals surface area (Å²) in [5, 5.41) is 1.55. The molecule has 2 rings (SSSR count). The van der Waals surface area contributed by atoms with Crippen molar-refractivity contribution in [3.63, 3.8) is 0 Å². The van der Waals surface area contributed by atoms with Crippen molar-refractivity contribution < 1.29 is 4.39 Å². The van der Waals surface area contributed by atoms with Crippen LogP contribution < -0.4 is 5.73 Å². The van der Waals surface area contributed by atoms with Crippen LogP contribution in [0.5, 0.6) is 0 Å². The van der Waals surface area contributed by atoms with E-state index in [-0.39, 0.29) is 5.82 Å². The standard InChI is InChI=1S/C11H10FN/c12-11-6-2-4-9-8(7-13)3-1-5-10(9)11/h1-6H,7,13H2. The first kappa shape index (κ1) is 8.20. The molecule has 1 nitrogen and oxygen atoms in total. The maximum atomic E-state index is 13.3. The summed E-state index contributed by atoms with van der Waals surface area (Å²) in [4.78, 5) is 0. The highest BCUT2D eigenvalue weighted by Crippen LogP contribution is 2.20. The number of fused-ring (bicyclic) bond motifs is 1. The van der Waals surface area contributed by atoms with Crippen molar-refractivity contribution in [1.82, 2.24) is 0 Å². The monoisotopic (exact) mass is 175 g/mol. The van der Waals surface area contributed by atoms with Crippen molar-refractivity contribution in [3.8, 4) is 0 Å². The predicted molar refractivity (Wildman–Crippen MR) is 51.8 cm³/mol. The van der Waals surface area contributed by atoms with Gasteiger partial charge in [0.25, 0.3) is 0 Å². The van der Waals surface area contributed by atoms with Crippen molar-refractivity contribution in [2.24, 2.45) is 5.73 Å². The number of hydrogen-bond donors (Lipinski definition) is 1. The Balaban J connectivity index is 2.84. The van der Waals surface area contributed by atoms with Gasteiger partial charge >= 0.3 is 0 Å². The summed E-state index contributed by atoms with van der Waals surface area (Å²) in [6.45, 7) is 0.445. The third-order valence-electron chi connectivity index (χ3n) is 2.18. The van der Waals surface area contributed by atoms with E-state index in [0.717, 1.165) is 10.9 Å². The first-order chi connectivity index (χ1) is 6.33. The normalized spacial score (nSPS) is 10.6. The smallest absolute Gasteiger partial charge is 0.131 e. The highest BCUT2D eigenvalue weighted by atomic mass is 19.1. The Morgan fingerprint density at radius 3 is 2.46 bits per heavy atom. The molecule has 0 saturated heterocycles. The molecule has 0 saturated carbocycles. The summed E-state index contributed by atoms with van der Waals surface area (Å²) in [7, 11) is 0. The van der Waals surface area contributed by atoms with Gasteiger partial charge < -0.3 is 5.73 Å². The van der Waals surface area contributed by atoms with Crippen molar-refractivity contribution >= 4 is 10.8 Å². The van der Waals surface area contributed by atoms with E-state index in [1.54, 1.807) is 12.1 Å². The van der Waals surface area contributed by atoms with Crippen LogP contribution in [0.2, 0.25) is 0 Å². The van der Waals surface area contributed by atoms with E-state index in [1.807, 2.05) is 18.2 Å². The number of halogens is 1. The summed E-state index contributed by atoms with van der Waals surface area (Å²) < 4.78 is 13.3. The SMILES string of the molecule is NCc1cccc2c(F)cccc12. The van der Waals surface area contributed by atoms with Gasteiger partial charge in [0.05, 0.1) is 0 Å². The summed E-state index contributed by atoms with van der Waals surface area (Å²) in [6, 6.07) is 10.6. The Kier molecular flexibility index (Phi) is 1.99. The van der Waals surface area contributed by atoms with E-state index in [4.69, 9.17) is 5.73 Å². The molecule has 0 aliphatic carbocycles. The van der Waals surface area contributed by atoms with Crippen LogP contribution in [0.25, 0.3) is 10.8 Å². The summed E-state index contributed by atoms with van der Waals surface area (Å²) in [5.41, 5.74) is 6.53. The molecule has 0 aliphatic rings. The Labute approximate surface area is 76.0 Å². The van der Waals surface area contributed by atoms with Crippen LogP contribution in [0.3, 0.4) is 0 Å². The number of benzene rings is 2. The zero-order chi connectivity index (χ0) is 9.26. The first-order valence-corrected chi connectivity index (χ1v) is 4.19. The minimum absolute atomic E-state index is 0.187. The van der Waals surface area contributed by atoms with Crippen LogP contribution in [0.1, 0.15) is 5.56 Å². The lowest BCUT2D eigenvalue weighted by Crippen LogP contribution is -1.97. The molecule has 0 atom stereocenters. The van der Waals surface area contributed by atoms with Gasteiger partial charge in [0.1, 0.15) is 5.82 Å².